The molecular formula is C12H14N6O. The maximum absolute atomic E-state index is 11.6. The van der Waals surface area contributed by atoms with E-state index in [1.54, 1.807) is 18.5 Å². The fourth-order valence-corrected chi connectivity index (χ4v) is 1.61. The molecule has 2 rings (SSSR count). The van der Waals surface area contributed by atoms with Crippen molar-refractivity contribution < 1.29 is 4.79 Å². The van der Waals surface area contributed by atoms with E-state index in [0.717, 1.165) is 11.1 Å². The van der Waals surface area contributed by atoms with Gasteiger partial charge >= 0.3 is 0 Å². The first-order valence-corrected chi connectivity index (χ1v) is 5.83. The molecule has 0 aliphatic heterocycles. The first-order chi connectivity index (χ1) is 9.16. The van der Waals surface area contributed by atoms with Crippen LogP contribution < -0.4 is 5.32 Å². The number of carbonyl (C=O) groups is 1. The minimum Gasteiger partial charge on any atom is -0.288 e. The monoisotopic (exact) mass is 258 g/mol. The molecule has 0 aromatic carbocycles. The molecule has 2 aromatic heterocycles. The normalized spacial score (nSPS) is 11.1. The van der Waals surface area contributed by atoms with Gasteiger partial charge in [-0.15, -0.1) is 5.10 Å². The number of aromatic amines is 1. The molecule has 7 nitrogen and oxygen atoms in total. The average molecular weight is 258 g/mol. The minimum atomic E-state index is -0.319. The number of nitrogens with one attached hydrogen (secondary N) is 2. The number of pyridine rings is 1. The van der Waals surface area contributed by atoms with E-state index in [0.29, 0.717) is 5.92 Å². The van der Waals surface area contributed by atoms with Gasteiger partial charge in [0.2, 0.25) is 0 Å². The van der Waals surface area contributed by atoms with Crippen LogP contribution in [0, 0.1) is 0 Å². The van der Waals surface area contributed by atoms with Gasteiger partial charge in [-0.05, 0) is 34.4 Å². The summed E-state index contributed by atoms with van der Waals surface area (Å²) in [6, 6.07) is 1.95. The van der Waals surface area contributed by atoms with E-state index in [-0.39, 0.29) is 11.9 Å². The third kappa shape index (κ3) is 3.44. The molecule has 0 radical (unpaired) electrons. The zero-order valence-electron chi connectivity index (χ0n) is 10.7. The van der Waals surface area contributed by atoms with Crippen molar-refractivity contribution in [2.45, 2.75) is 19.8 Å². The second-order valence-corrected chi connectivity index (χ2v) is 4.22. The standard InChI is InChI=1S/C12H14N6O/c1-8(2)10-5-6-13-7-9(10)3-4-11(19)14-12-15-17-18-16-12/h3-8H,1-2H3,(H2,14,15,16,17,18,19). The summed E-state index contributed by atoms with van der Waals surface area (Å²) in [6.45, 7) is 4.18. The number of hydrogen-bond donors (Lipinski definition) is 2. The summed E-state index contributed by atoms with van der Waals surface area (Å²) in [5.41, 5.74) is 2.05. The maximum atomic E-state index is 11.6. The van der Waals surface area contributed by atoms with Crippen LogP contribution in [0.4, 0.5) is 5.95 Å². The molecule has 2 aromatic rings. The van der Waals surface area contributed by atoms with E-state index in [9.17, 15) is 4.79 Å². The number of tetrazole rings is 1. The van der Waals surface area contributed by atoms with Gasteiger partial charge < -0.3 is 0 Å². The molecule has 0 fully saturated rings. The molecule has 2 heterocycles. The van der Waals surface area contributed by atoms with E-state index < -0.39 is 0 Å². The molecule has 0 unspecified atom stereocenters. The Bertz CT molecular complexity index is 576. The van der Waals surface area contributed by atoms with E-state index in [2.05, 4.69) is 44.8 Å². The summed E-state index contributed by atoms with van der Waals surface area (Å²) in [6.07, 6.45) is 6.61. The zero-order valence-corrected chi connectivity index (χ0v) is 10.7. The molecule has 1 amide bonds. The third-order valence-corrected chi connectivity index (χ3v) is 2.50. The zero-order chi connectivity index (χ0) is 13.7. The van der Waals surface area contributed by atoms with Crippen molar-refractivity contribution in [3.63, 3.8) is 0 Å². The molecule has 0 saturated heterocycles. The predicted molar refractivity (Wildman–Crippen MR) is 70.2 cm³/mol. The quantitative estimate of drug-likeness (QED) is 0.807. The Morgan fingerprint density at radius 3 is 3.00 bits per heavy atom. The van der Waals surface area contributed by atoms with Gasteiger partial charge in [-0.1, -0.05) is 18.9 Å². The summed E-state index contributed by atoms with van der Waals surface area (Å²) in [5.74, 6) is 0.188. The fourth-order valence-electron chi connectivity index (χ4n) is 1.61. The number of hydrogen-bond acceptors (Lipinski definition) is 5. The topological polar surface area (TPSA) is 96.5 Å². The summed E-state index contributed by atoms with van der Waals surface area (Å²) in [4.78, 5) is 15.7. The highest BCUT2D eigenvalue weighted by Crippen LogP contribution is 2.19. The number of anilines is 1. The summed E-state index contributed by atoms with van der Waals surface area (Å²) >= 11 is 0. The van der Waals surface area contributed by atoms with Crippen LogP contribution in [0.1, 0.15) is 30.9 Å². The number of nitrogens with zero attached hydrogens (tertiary/aromatic N) is 4. The van der Waals surface area contributed by atoms with Gasteiger partial charge in [-0.2, -0.15) is 5.21 Å². The van der Waals surface area contributed by atoms with Gasteiger partial charge in [-0.3, -0.25) is 15.1 Å². The lowest BCUT2D eigenvalue weighted by Crippen LogP contribution is -2.09. The van der Waals surface area contributed by atoms with Crippen molar-refractivity contribution in [2.24, 2.45) is 0 Å². The number of carbonyl (C=O) groups excluding carboxylic acids is 1. The lowest BCUT2D eigenvalue weighted by molar-refractivity contribution is -0.111. The van der Waals surface area contributed by atoms with E-state index >= 15 is 0 Å². The Morgan fingerprint density at radius 2 is 2.32 bits per heavy atom. The van der Waals surface area contributed by atoms with Crippen molar-refractivity contribution in [1.29, 1.82) is 0 Å². The third-order valence-electron chi connectivity index (χ3n) is 2.50. The molecule has 19 heavy (non-hydrogen) atoms. The van der Waals surface area contributed by atoms with Crippen molar-refractivity contribution in [2.75, 3.05) is 5.32 Å². The first-order valence-electron chi connectivity index (χ1n) is 5.83. The van der Waals surface area contributed by atoms with E-state index in [1.807, 2.05) is 6.07 Å². The van der Waals surface area contributed by atoms with Crippen LogP contribution >= 0.6 is 0 Å². The Morgan fingerprint density at radius 1 is 1.47 bits per heavy atom. The van der Waals surface area contributed by atoms with Crippen molar-refractivity contribution in [3.8, 4) is 0 Å². The fraction of sp³-hybridized carbons (Fsp3) is 0.250. The SMILES string of the molecule is CC(C)c1ccncc1C=CC(=O)Nc1nn[nH]n1. The Labute approximate surface area is 110 Å². The molecular weight excluding hydrogens is 244 g/mol. The van der Waals surface area contributed by atoms with Gasteiger partial charge in [-0.25, -0.2) is 0 Å². The Balaban J connectivity index is 2.08. The summed E-state index contributed by atoms with van der Waals surface area (Å²) in [7, 11) is 0. The van der Waals surface area contributed by atoms with Crippen molar-refractivity contribution >= 4 is 17.9 Å². The summed E-state index contributed by atoms with van der Waals surface area (Å²) in [5, 5.41) is 15.3. The molecule has 7 heteroatoms. The number of rotatable bonds is 4. The Kier molecular flexibility index (Phi) is 3.97. The van der Waals surface area contributed by atoms with Gasteiger partial charge in [0.15, 0.2) is 0 Å². The van der Waals surface area contributed by atoms with Gasteiger partial charge in [0, 0.05) is 18.5 Å². The minimum absolute atomic E-state index is 0.143. The first kappa shape index (κ1) is 12.9. The van der Waals surface area contributed by atoms with Gasteiger partial charge in [0.05, 0.1) is 0 Å². The molecule has 0 aliphatic carbocycles. The average Bonchev–Trinajstić information content (AvgIpc) is 2.89. The maximum Gasteiger partial charge on any atom is 0.270 e. The number of H-pyrrole nitrogens is 1. The molecule has 0 saturated carbocycles. The van der Waals surface area contributed by atoms with Crippen LogP contribution in [0.5, 0.6) is 0 Å². The molecule has 0 spiro atoms. The molecule has 0 atom stereocenters. The van der Waals surface area contributed by atoms with Gasteiger partial charge in [0.25, 0.3) is 11.9 Å². The van der Waals surface area contributed by atoms with Gasteiger partial charge in [0.1, 0.15) is 0 Å². The van der Waals surface area contributed by atoms with E-state index in [1.165, 1.54) is 6.08 Å². The van der Waals surface area contributed by atoms with E-state index in [4.69, 9.17) is 0 Å². The van der Waals surface area contributed by atoms with Crippen LogP contribution in [0.25, 0.3) is 6.08 Å². The van der Waals surface area contributed by atoms with Crippen molar-refractivity contribution in [1.82, 2.24) is 25.6 Å². The van der Waals surface area contributed by atoms with Crippen LogP contribution in [-0.4, -0.2) is 31.5 Å². The molecule has 2 N–H and O–H groups in total. The number of amides is 1. The lowest BCUT2D eigenvalue weighted by atomic mass is 9.99. The lowest BCUT2D eigenvalue weighted by Gasteiger charge is -2.08. The molecule has 0 bridgehead atoms. The van der Waals surface area contributed by atoms with Crippen molar-refractivity contribution in [3.05, 3.63) is 35.7 Å². The predicted octanol–water partition coefficient (Wildman–Crippen LogP) is 1.37. The highest BCUT2D eigenvalue weighted by molar-refractivity contribution is 6.00. The van der Waals surface area contributed by atoms with Crippen LogP contribution in [0.15, 0.2) is 24.5 Å². The molecule has 0 aliphatic rings. The highest BCUT2D eigenvalue weighted by Gasteiger charge is 2.05. The highest BCUT2D eigenvalue weighted by atomic mass is 16.1. The molecule has 98 valence electrons. The van der Waals surface area contributed by atoms with Crippen LogP contribution in [0.2, 0.25) is 0 Å². The second kappa shape index (κ2) is 5.85. The van der Waals surface area contributed by atoms with Crippen LogP contribution in [-0.2, 0) is 4.79 Å². The largest absolute Gasteiger partial charge is 0.288 e. The summed E-state index contributed by atoms with van der Waals surface area (Å²) < 4.78 is 0. The van der Waals surface area contributed by atoms with Crippen LogP contribution in [0.3, 0.4) is 0 Å². The number of aromatic nitrogens is 5. The smallest absolute Gasteiger partial charge is 0.270 e. The Hall–Kier alpha value is -2.57. The second-order valence-electron chi connectivity index (χ2n) is 4.22.